The molecule has 0 amide bonds. The standard InChI is InChI=1S/C14H16Cl2N2/c1-3-5-17-13-8-10(4-2)18-14-11(13)6-9(15)7-12(14)16/h6-8H,3-5H2,1-2H3,(H,17,18). The lowest BCUT2D eigenvalue weighted by Gasteiger charge is -2.12. The average Bonchev–Trinajstić information content (AvgIpc) is 2.36. The number of aromatic nitrogens is 1. The van der Waals surface area contributed by atoms with Gasteiger partial charge >= 0.3 is 0 Å². The molecule has 0 radical (unpaired) electrons. The Morgan fingerprint density at radius 1 is 1.17 bits per heavy atom. The number of pyridine rings is 1. The third kappa shape index (κ3) is 2.70. The van der Waals surface area contributed by atoms with E-state index in [1.54, 1.807) is 6.07 Å². The van der Waals surface area contributed by atoms with Gasteiger partial charge < -0.3 is 5.32 Å². The zero-order valence-electron chi connectivity index (χ0n) is 10.6. The molecule has 0 aliphatic carbocycles. The highest BCUT2D eigenvalue weighted by molar-refractivity contribution is 6.38. The summed E-state index contributed by atoms with van der Waals surface area (Å²) >= 11 is 12.3. The van der Waals surface area contributed by atoms with E-state index in [1.807, 2.05) is 6.07 Å². The van der Waals surface area contributed by atoms with Crippen LogP contribution < -0.4 is 5.32 Å². The summed E-state index contributed by atoms with van der Waals surface area (Å²) in [4.78, 5) is 4.57. The van der Waals surface area contributed by atoms with Crippen molar-refractivity contribution >= 4 is 39.8 Å². The van der Waals surface area contributed by atoms with Crippen molar-refractivity contribution in [2.45, 2.75) is 26.7 Å². The molecule has 2 nitrogen and oxygen atoms in total. The van der Waals surface area contributed by atoms with E-state index in [0.29, 0.717) is 10.0 Å². The van der Waals surface area contributed by atoms with E-state index in [4.69, 9.17) is 23.2 Å². The molecule has 0 atom stereocenters. The highest BCUT2D eigenvalue weighted by Gasteiger charge is 2.09. The summed E-state index contributed by atoms with van der Waals surface area (Å²) in [6.07, 6.45) is 1.95. The number of nitrogens with zero attached hydrogens (tertiary/aromatic N) is 1. The van der Waals surface area contributed by atoms with Crippen molar-refractivity contribution in [3.63, 3.8) is 0 Å². The minimum atomic E-state index is 0.604. The van der Waals surface area contributed by atoms with Crippen LogP contribution in [-0.4, -0.2) is 11.5 Å². The fourth-order valence-electron chi connectivity index (χ4n) is 1.89. The Morgan fingerprint density at radius 3 is 2.61 bits per heavy atom. The molecule has 0 saturated heterocycles. The molecule has 96 valence electrons. The summed E-state index contributed by atoms with van der Waals surface area (Å²) in [6, 6.07) is 5.72. The summed E-state index contributed by atoms with van der Waals surface area (Å²) in [5.74, 6) is 0. The topological polar surface area (TPSA) is 24.9 Å². The van der Waals surface area contributed by atoms with Gasteiger partial charge in [-0.05, 0) is 31.0 Å². The molecule has 1 N–H and O–H groups in total. The summed E-state index contributed by atoms with van der Waals surface area (Å²) < 4.78 is 0. The first-order valence-electron chi connectivity index (χ1n) is 6.18. The van der Waals surface area contributed by atoms with E-state index in [-0.39, 0.29) is 0 Å². The van der Waals surface area contributed by atoms with E-state index in [0.717, 1.165) is 41.7 Å². The van der Waals surface area contributed by atoms with E-state index >= 15 is 0 Å². The van der Waals surface area contributed by atoms with E-state index in [9.17, 15) is 0 Å². The van der Waals surface area contributed by atoms with Crippen LogP contribution in [0.3, 0.4) is 0 Å². The first kappa shape index (κ1) is 13.4. The van der Waals surface area contributed by atoms with Gasteiger partial charge in [-0.1, -0.05) is 37.0 Å². The van der Waals surface area contributed by atoms with Crippen LogP contribution in [-0.2, 0) is 6.42 Å². The smallest absolute Gasteiger partial charge is 0.0913 e. The van der Waals surface area contributed by atoms with Crippen molar-refractivity contribution in [3.05, 3.63) is 33.9 Å². The summed E-state index contributed by atoms with van der Waals surface area (Å²) in [6.45, 7) is 5.14. The van der Waals surface area contributed by atoms with Crippen molar-refractivity contribution in [1.82, 2.24) is 4.98 Å². The van der Waals surface area contributed by atoms with Crippen LogP contribution in [0.5, 0.6) is 0 Å². The zero-order valence-corrected chi connectivity index (χ0v) is 12.1. The molecule has 0 unspecified atom stereocenters. The first-order chi connectivity index (χ1) is 8.65. The maximum Gasteiger partial charge on any atom is 0.0913 e. The second-order valence-corrected chi connectivity index (χ2v) is 5.07. The molecule has 18 heavy (non-hydrogen) atoms. The zero-order chi connectivity index (χ0) is 13.1. The highest BCUT2D eigenvalue weighted by Crippen LogP contribution is 2.32. The number of anilines is 1. The molecule has 2 rings (SSSR count). The quantitative estimate of drug-likeness (QED) is 0.860. The minimum Gasteiger partial charge on any atom is -0.384 e. The monoisotopic (exact) mass is 282 g/mol. The third-order valence-electron chi connectivity index (χ3n) is 2.81. The van der Waals surface area contributed by atoms with Gasteiger partial charge in [-0.3, -0.25) is 4.98 Å². The molecule has 4 heteroatoms. The molecule has 1 aromatic heterocycles. The number of nitrogens with one attached hydrogen (secondary N) is 1. The van der Waals surface area contributed by atoms with Crippen LogP contribution in [0, 0.1) is 0 Å². The van der Waals surface area contributed by atoms with Crippen molar-refractivity contribution in [2.24, 2.45) is 0 Å². The van der Waals surface area contributed by atoms with Crippen LogP contribution in [0.2, 0.25) is 10.0 Å². The second kappa shape index (κ2) is 5.77. The molecule has 0 bridgehead atoms. The normalized spacial score (nSPS) is 10.9. The number of hydrogen-bond donors (Lipinski definition) is 1. The number of rotatable bonds is 4. The largest absolute Gasteiger partial charge is 0.384 e. The van der Waals surface area contributed by atoms with Gasteiger partial charge in [-0.2, -0.15) is 0 Å². The van der Waals surface area contributed by atoms with Gasteiger partial charge in [0, 0.05) is 28.3 Å². The van der Waals surface area contributed by atoms with Crippen LogP contribution >= 0.6 is 23.2 Å². The number of fused-ring (bicyclic) bond motifs is 1. The van der Waals surface area contributed by atoms with Crippen molar-refractivity contribution in [1.29, 1.82) is 0 Å². The Bertz CT molecular complexity index is 567. The average molecular weight is 283 g/mol. The fraction of sp³-hybridized carbons (Fsp3) is 0.357. The number of benzene rings is 1. The fourth-order valence-corrected chi connectivity index (χ4v) is 2.43. The molecule has 1 heterocycles. The first-order valence-corrected chi connectivity index (χ1v) is 6.93. The molecule has 1 aromatic carbocycles. The molecule has 2 aromatic rings. The molecular formula is C14H16Cl2N2. The number of halogens is 2. The number of aryl methyl sites for hydroxylation is 1. The molecule has 0 aliphatic rings. The predicted molar refractivity (Wildman–Crippen MR) is 79.9 cm³/mol. The molecular weight excluding hydrogens is 267 g/mol. The van der Waals surface area contributed by atoms with Crippen molar-refractivity contribution < 1.29 is 0 Å². The van der Waals surface area contributed by atoms with Gasteiger partial charge in [0.1, 0.15) is 0 Å². The third-order valence-corrected chi connectivity index (χ3v) is 3.32. The maximum atomic E-state index is 6.22. The van der Waals surface area contributed by atoms with E-state index in [2.05, 4.69) is 30.2 Å². The lowest BCUT2D eigenvalue weighted by Crippen LogP contribution is -2.02. The summed E-state index contributed by atoms with van der Waals surface area (Å²) in [5.41, 5.74) is 2.91. The molecule has 0 aliphatic heterocycles. The Kier molecular flexibility index (Phi) is 4.31. The summed E-state index contributed by atoms with van der Waals surface area (Å²) in [5, 5.41) is 5.63. The Labute approximate surface area is 117 Å². The van der Waals surface area contributed by atoms with E-state index < -0.39 is 0 Å². The van der Waals surface area contributed by atoms with Gasteiger partial charge in [0.25, 0.3) is 0 Å². The van der Waals surface area contributed by atoms with Crippen LogP contribution in [0.1, 0.15) is 26.0 Å². The Hall–Kier alpha value is -0.990. The van der Waals surface area contributed by atoms with Gasteiger partial charge in [0.05, 0.1) is 10.5 Å². The molecule has 0 saturated carbocycles. The van der Waals surface area contributed by atoms with Crippen molar-refractivity contribution in [2.75, 3.05) is 11.9 Å². The van der Waals surface area contributed by atoms with Crippen LogP contribution in [0.25, 0.3) is 10.9 Å². The lowest BCUT2D eigenvalue weighted by atomic mass is 10.1. The van der Waals surface area contributed by atoms with Gasteiger partial charge in [-0.25, -0.2) is 0 Å². The summed E-state index contributed by atoms with van der Waals surface area (Å²) in [7, 11) is 0. The Balaban J connectivity index is 2.64. The van der Waals surface area contributed by atoms with Crippen molar-refractivity contribution in [3.8, 4) is 0 Å². The van der Waals surface area contributed by atoms with Gasteiger partial charge in [0.2, 0.25) is 0 Å². The molecule has 0 spiro atoms. The molecule has 0 fully saturated rings. The maximum absolute atomic E-state index is 6.22. The predicted octanol–water partition coefficient (Wildman–Crippen LogP) is 4.93. The highest BCUT2D eigenvalue weighted by atomic mass is 35.5. The number of hydrogen-bond acceptors (Lipinski definition) is 2. The Morgan fingerprint density at radius 2 is 1.94 bits per heavy atom. The SMILES string of the molecule is CCCNc1cc(CC)nc2c(Cl)cc(Cl)cc12. The van der Waals surface area contributed by atoms with Gasteiger partial charge in [-0.15, -0.1) is 0 Å². The van der Waals surface area contributed by atoms with E-state index in [1.165, 1.54) is 0 Å². The second-order valence-electron chi connectivity index (χ2n) is 4.23. The van der Waals surface area contributed by atoms with Gasteiger partial charge in [0.15, 0.2) is 0 Å². The minimum absolute atomic E-state index is 0.604. The lowest BCUT2D eigenvalue weighted by molar-refractivity contribution is 0.977. The van der Waals surface area contributed by atoms with Crippen LogP contribution in [0.15, 0.2) is 18.2 Å². The van der Waals surface area contributed by atoms with Crippen LogP contribution in [0.4, 0.5) is 5.69 Å².